The number of hydrogen-bond acceptors (Lipinski definition) is 6. The highest BCUT2D eigenvalue weighted by atomic mass is 32.2. The molecule has 1 atom stereocenters. The third-order valence-electron chi connectivity index (χ3n) is 4.85. The topological polar surface area (TPSA) is 64.8 Å². The molecule has 0 aliphatic carbocycles. The van der Waals surface area contributed by atoms with Crippen molar-refractivity contribution in [1.82, 2.24) is 9.88 Å². The Balaban J connectivity index is 1.45. The molecule has 0 saturated carbocycles. The molecule has 7 heteroatoms. The first-order chi connectivity index (χ1) is 12.6. The van der Waals surface area contributed by atoms with E-state index < -0.39 is 0 Å². The summed E-state index contributed by atoms with van der Waals surface area (Å²) in [6, 6.07) is 6.08. The Morgan fingerprint density at radius 2 is 2.08 bits per heavy atom. The fraction of sp³-hybridized carbons (Fsp3) is 0.474. The highest BCUT2D eigenvalue weighted by Gasteiger charge is 2.31. The summed E-state index contributed by atoms with van der Waals surface area (Å²) < 4.78 is 16.8. The first kappa shape index (κ1) is 17.3. The summed E-state index contributed by atoms with van der Waals surface area (Å²) in [6.45, 7) is 5.71. The number of hydrogen-bond donors (Lipinski definition) is 0. The molecular weight excluding hydrogens is 352 g/mol. The Labute approximate surface area is 156 Å². The average molecular weight is 374 g/mol. The lowest BCUT2D eigenvalue weighted by Crippen LogP contribution is -2.32. The van der Waals surface area contributed by atoms with Crippen LogP contribution in [0.1, 0.15) is 35.9 Å². The van der Waals surface area contributed by atoms with E-state index in [1.54, 1.807) is 0 Å². The SMILES string of the molecule is Cc1nc(SCC(=O)N2CCCC2c2ccc3c(c2)OCCO3)oc1C. The fourth-order valence-electron chi connectivity index (χ4n) is 3.39. The molecule has 0 N–H and O–H groups in total. The predicted octanol–water partition coefficient (Wildman–Crippen LogP) is 3.52. The summed E-state index contributed by atoms with van der Waals surface area (Å²) in [5.41, 5.74) is 1.98. The Morgan fingerprint density at radius 1 is 1.27 bits per heavy atom. The number of benzene rings is 1. The lowest BCUT2D eigenvalue weighted by Gasteiger charge is -2.26. The summed E-state index contributed by atoms with van der Waals surface area (Å²) in [6.07, 6.45) is 1.97. The standard InChI is InChI=1S/C19H22N2O4S/c1-12-13(2)25-19(20-12)26-11-18(22)21-7-3-4-15(21)14-5-6-16-17(10-14)24-9-8-23-16/h5-6,10,15H,3-4,7-9,11H2,1-2H3. The number of thioether (sulfide) groups is 1. The van der Waals surface area contributed by atoms with Crippen molar-refractivity contribution in [3.8, 4) is 11.5 Å². The molecule has 1 saturated heterocycles. The minimum Gasteiger partial charge on any atom is -0.486 e. The maximum atomic E-state index is 12.8. The van der Waals surface area contributed by atoms with E-state index in [1.807, 2.05) is 36.9 Å². The van der Waals surface area contributed by atoms with Crippen LogP contribution in [0.3, 0.4) is 0 Å². The molecule has 4 rings (SSSR count). The number of amides is 1. The van der Waals surface area contributed by atoms with Crippen molar-refractivity contribution < 1.29 is 18.7 Å². The molecule has 0 bridgehead atoms. The zero-order valence-corrected chi connectivity index (χ0v) is 15.8. The van der Waals surface area contributed by atoms with E-state index in [0.717, 1.165) is 47.9 Å². The first-order valence-corrected chi connectivity index (χ1v) is 9.86. The van der Waals surface area contributed by atoms with Crippen LogP contribution in [0.4, 0.5) is 0 Å². The van der Waals surface area contributed by atoms with Crippen molar-refractivity contribution in [2.75, 3.05) is 25.5 Å². The van der Waals surface area contributed by atoms with Crippen LogP contribution in [0.5, 0.6) is 11.5 Å². The van der Waals surface area contributed by atoms with Crippen LogP contribution < -0.4 is 9.47 Å². The number of likely N-dealkylation sites (tertiary alicyclic amines) is 1. The molecule has 138 valence electrons. The zero-order valence-electron chi connectivity index (χ0n) is 15.0. The second-order valence-electron chi connectivity index (χ2n) is 6.56. The van der Waals surface area contributed by atoms with E-state index in [-0.39, 0.29) is 11.9 Å². The van der Waals surface area contributed by atoms with Crippen LogP contribution in [-0.4, -0.2) is 41.3 Å². The van der Waals surface area contributed by atoms with Crippen molar-refractivity contribution in [2.45, 2.75) is 38.0 Å². The number of rotatable bonds is 4. The lowest BCUT2D eigenvalue weighted by atomic mass is 10.0. The van der Waals surface area contributed by atoms with Crippen molar-refractivity contribution in [3.05, 3.63) is 35.2 Å². The van der Waals surface area contributed by atoms with E-state index in [1.165, 1.54) is 11.8 Å². The van der Waals surface area contributed by atoms with E-state index in [0.29, 0.717) is 24.2 Å². The molecule has 0 radical (unpaired) electrons. The lowest BCUT2D eigenvalue weighted by molar-refractivity contribution is -0.129. The van der Waals surface area contributed by atoms with Gasteiger partial charge in [-0.25, -0.2) is 4.98 Å². The van der Waals surface area contributed by atoms with Gasteiger partial charge in [-0.15, -0.1) is 0 Å². The number of ether oxygens (including phenoxy) is 2. The predicted molar refractivity (Wildman–Crippen MR) is 97.8 cm³/mol. The second kappa shape index (κ2) is 7.23. The first-order valence-electron chi connectivity index (χ1n) is 8.87. The quantitative estimate of drug-likeness (QED) is 0.763. The summed E-state index contributed by atoms with van der Waals surface area (Å²) >= 11 is 1.36. The maximum Gasteiger partial charge on any atom is 0.256 e. The van der Waals surface area contributed by atoms with Gasteiger partial charge in [0.25, 0.3) is 5.22 Å². The van der Waals surface area contributed by atoms with Crippen molar-refractivity contribution in [2.24, 2.45) is 0 Å². The van der Waals surface area contributed by atoms with Crippen LogP contribution in [-0.2, 0) is 4.79 Å². The van der Waals surface area contributed by atoms with Gasteiger partial charge >= 0.3 is 0 Å². The van der Waals surface area contributed by atoms with Crippen LogP contribution in [0.15, 0.2) is 27.8 Å². The van der Waals surface area contributed by atoms with Gasteiger partial charge in [0, 0.05) is 6.54 Å². The van der Waals surface area contributed by atoms with Gasteiger partial charge in [-0.3, -0.25) is 4.79 Å². The number of aryl methyl sites for hydroxylation is 2. The van der Waals surface area contributed by atoms with Gasteiger partial charge in [-0.05, 0) is 44.4 Å². The van der Waals surface area contributed by atoms with Gasteiger partial charge in [-0.2, -0.15) is 0 Å². The molecule has 2 aliphatic heterocycles. The minimum absolute atomic E-state index is 0.0898. The molecule has 2 aliphatic rings. The monoisotopic (exact) mass is 374 g/mol. The Morgan fingerprint density at radius 3 is 2.85 bits per heavy atom. The number of fused-ring (bicyclic) bond motifs is 1. The second-order valence-corrected chi connectivity index (χ2v) is 7.48. The maximum absolute atomic E-state index is 12.8. The molecule has 1 aromatic carbocycles. The molecule has 1 fully saturated rings. The van der Waals surface area contributed by atoms with Gasteiger partial charge in [-0.1, -0.05) is 17.8 Å². The van der Waals surface area contributed by atoms with Gasteiger partial charge in [0.15, 0.2) is 11.5 Å². The third-order valence-corrected chi connectivity index (χ3v) is 5.67. The van der Waals surface area contributed by atoms with E-state index >= 15 is 0 Å². The van der Waals surface area contributed by atoms with Gasteiger partial charge in [0.1, 0.15) is 19.0 Å². The molecule has 6 nitrogen and oxygen atoms in total. The number of nitrogens with zero attached hydrogens (tertiary/aromatic N) is 2. The third kappa shape index (κ3) is 3.40. The normalized spacial score (nSPS) is 19.0. The summed E-state index contributed by atoms with van der Waals surface area (Å²) in [4.78, 5) is 19.1. The number of carbonyl (C=O) groups excluding carboxylic acids is 1. The Bertz CT molecular complexity index is 800. The van der Waals surface area contributed by atoms with Gasteiger partial charge < -0.3 is 18.8 Å². The van der Waals surface area contributed by atoms with Crippen LogP contribution in [0.2, 0.25) is 0 Å². The molecule has 26 heavy (non-hydrogen) atoms. The van der Waals surface area contributed by atoms with Crippen LogP contribution >= 0.6 is 11.8 Å². The van der Waals surface area contributed by atoms with Gasteiger partial charge in [0.2, 0.25) is 5.91 Å². The van der Waals surface area contributed by atoms with Crippen molar-refractivity contribution in [3.63, 3.8) is 0 Å². The largest absolute Gasteiger partial charge is 0.486 e. The van der Waals surface area contributed by atoms with E-state index in [4.69, 9.17) is 13.9 Å². The van der Waals surface area contributed by atoms with Crippen molar-refractivity contribution >= 4 is 17.7 Å². The van der Waals surface area contributed by atoms with Crippen molar-refractivity contribution in [1.29, 1.82) is 0 Å². The Kier molecular flexibility index (Phi) is 4.80. The number of carbonyl (C=O) groups is 1. The van der Waals surface area contributed by atoms with Crippen LogP contribution in [0.25, 0.3) is 0 Å². The molecule has 0 spiro atoms. The summed E-state index contributed by atoms with van der Waals surface area (Å²) in [5, 5.41) is 0.559. The van der Waals surface area contributed by atoms with E-state index in [9.17, 15) is 4.79 Å². The average Bonchev–Trinajstić information content (AvgIpc) is 3.26. The van der Waals surface area contributed by atoms with Crippen LogP contribution in [0, 0.1) is 13.8 Å². The van der Waals surface area contributed by atoms with E-state index in [2.05, 4.69) is 4.98 Å². The number of aromatic nitrogens is 1. The Hall–Kier alpha value is -2.15. The summed E-state index contributed by atoms with van der Waals surface area (Å²) in [7, 11) is 0. The fourth-order valence-corrected chi connectivity index (χ4v) is 4.19. The molecule has 3 heterocycles. The molecule has 1 aromatic heterocycles. The molecular formula is C19H22N2O4S. The zero-order chi connectivity index (χ0) is 18.1. The molecule has 1 amide bonds. The number of oxazole rings is 1. The van der Waals surface area contributed by atoms with Gasteiger partial charge in [0.05, 0.1) is 17.5 Å². The molecule has 1 unspecified atom stereocenters. The summed E-state index contributed by atoms with van der Waals surface area (Å²) in [5.74, 6) is 2.80. The minimum atomic E-state index is 0.0898. The smallest absolute Gasteiger partial charge is 0.256 e. The highest BCUT2D eigenvalue weighted by Crippen LogP contribution is 2.38. The highest BCUT2D eigenvalue weighted by molar-refractivity contribution is 7.99. The molecule has 2 aromatic rings.